The molecule has 0 saturated carbocycles. The average Bonchev–Trinajstić information content (AvgIpc) is 2.63. The highest BCUT2D eigenvalue weighted by Crippen LogP contribution is 2.36. The van der Waals surface area contributed by atoms with Gasteiger partial charge in [0.1, 0.15) is 0 Å². The first-order valence-electron chi connectivity index (χ1n) is 5.49. The highest BCUT2D eigenvalue weighted by Gasteiger charge is 2.36. The van der Waals surface area contributed by atoms with Crippen LogP contribution in [-0.2, 0) is 4.43 Å². The van der Waals surface area contributed by atoms with E-state index in [9.17, 15) is 0 Å². The molecule has 88 valence electrons. The molecule has 0 aliphatic heterocycles. The molecule has 0 spiro atoms. The van der Waals surface area contributed by atoms with Gasteiger partial charge in [0.25, 0.3) is 0 Å². The van der Waals surface area contributed by atoms with Crippen molar-refractivity contribution in [3.63, 3.8) is 0 Å². The van der Waals surface area contributed by atoms with E-state index in [1.807, 2.05) is 12.1 Å². The zero-order chi connectivity index (χ0) is 12.2. The molecule has 1 heterocycles. The molecule has 2 nitrogen and oxygen atoms in total. The Labute approximate surface area is 99.1 Å². The Balaban J connectivity index is 2.47. The molecule has 0 fully saturated rings. The van der Waals surface area contributed by atoms with Gasteiger partial charge in [0.15, 0.2) is 14.1 Å². The maximum Gasteiger partial charge on any atom is 0.193 e. The van der Waals surface area contributed by atoms with Crippen LogP contribution in [0.25, 0.3) is 0 Å². The van der Waals surface area contributed by atoms with Crippen LogP contribution < -0.4 is 0 Å². The minimum Gasteiger partial charge on any atom is -0.456 e. The standard InChI is InChI=1S/C13H20O2Si/c1-13(2,3)16(4,5)15-11-7-9-12-8-6-10-14-12/h6,8,10H,11H2,1-5H3. The van der Waals surface area contributed by atoms with Gasteiger partial charge in [-0.1, -0.05) is 26.7 Å². The topological polar surface area (TPSA) is 22.4 Å². The third-order valence-electron chi connectivity index (χ3n) is 3.04. The maximum atomic E-state index is 5.92. The van der Waals surface area contributed by atoms with Gasteiger partial charge in [-0.3, -0.25) is 0 Å². The molecule has 0 unspecified atom stereocenters. The van der Waals surface area contributed by atoms with E-state index < -0.39 is 8.32 Å². The van der Waals surface area contributed by atoms with Crippen LogP contribution in [-0.4, -0.2) is 14.9 Å². The van der Waals surface area contributed by atoms with Crippen molar-refractivity contribution in [3.8, 4) is 11.8 Å². The summed E-state index contributed by atoms with van der Waals surface area (Å²) in [7, 11) is -1.66. The first-order valence-corrected chi connectivity index (χ1v) is 8.40. The SMILES string of the molecule is CC(C)(C)[Si](C)(C)OCC#Cc1ccco1. The van der Waals surface area contributed by atoms with Gasteiger partial charge in [-0.2, -0.15) is 0 Å². The molecule has 1 aromatic rings. The first-order chi connectivity index (χ1) is 7.33. The summed E-state index contributed by atoms with van der Waals surface area (Å²) in [5.41, 5.74) is 0. The fraction of sp³-hybridized carbons (Fsp3) is 0.538. The van der Waals surface area contributed by atoms with Gasteiger partial charge in [0, 0.05) is 0 Å². The lowest BCUT2D eigenvalue weighted by Crippen LogP contribution is -2.40. The maximum absolute atomic E-state index is 5.92. The van der Waals surface area contributed by atoms with E-state index in [1.54, 1.807) is 6.26 Å². The van der Waals surface area contributed by atoms with Gasteiger partial charge < -0.3 is 8.84 Å². The zero-order valence-electron chi connectivity index (χ0n) is 10.8. The number of hydrogen-bond donors (Lipinski definition) is 0. The van der Waals surface area contributed by atoms with Crippen molar-refractivity contribution in [3.05, 3.63) is 24.2 Å². The molecular weight excluding hydrogens is 216 g/mol. The van der Waals surface area contributed by atoms with Crippen LogP contribution >= 0.6 is 0 Å². The second kappa shape index (κ2) is 4.90. The molecule has 1 rings (SSSR count). The van der Waals surface area contributed by atoms with E-state index in [1.165, 1.54) is 0 Å². The Morgan fingerprint density at radius 3 is 2.56 bits per heavy atom. The summed E-state index contributed by atoms with van der Waals surface area (Å²) < 4.78 is 11.0. The second-order valence-corrected chi connectivity index (χ2v) is 10.1. The van der Waals surface area contributed by atoms with Crippen LogP contribution in [0, 0.1) is 11.8 Å². The molecule has 1 aromatic heterocycles. The monoisotopic (exact) mass is 236 g/mol. The van der Waals surface area contributed by atoms with Crippen molar-refractivity contribution in [1.29, 1.82) is 0 Å². The van der Waals surface area contributed by atoms with Crippen LogP contribution in [0.1, 0.15) is 26.5 Å². The predicted molar refractivity (Wildman–Crippen MR) is 68.7 cm³/mol. The Bertz CT molecular complexity index is 374. The van der Waals surface area contributed by atoms with E-state index in [0.717, 1.165) is 0 Å². The van der Waals surface area contributed by atoms with Crippen LogP contribution in [0.15, 0.2) is 22.8 Å². The number of hydrogen-bond acceptors (Lipinski definition) is 2. The predicted octanol–water partition coefficient (Wildman–Crippen LogP) is 3.65. The fourth-order valence-electron chi connectivity index (χ4n) is 0.906. The van der Waals surface area contributed by atoms with E-state index in [2.05, 4.69) is 45.7 Å². The average molecular weight is 236 g/mol. The van der Waals surface area contributed by atoms with Gasteiger partial charge in [0.05, 0.1) is 12.9 Å². The Kier molecular flexibility index (Phi) is 4.01. The minimum atomic E-state index is -1.66. The molecule has 0 aliphatic carbocycles. The quantitative estimate of drug-likeness (QED) is 0.577. The summed E-state index contributed by atoms with van der Waals surface area (Å²) in [6.07, 6.45) is 1.62. The van der Waals surface area contributed by atoms with Crippen molar-refractivity contribution < 1.29 is 8.84 Å². The van der Waals surface area contributed by atoms with Crippen molar-refractivity contribution >= 4 is 8.32 Å². The molecule has 0 bridgehead atoms. The van der Waals surface area contributed by atoms with Gasteiger partial charge >= 0.3 is 0 Å². The van der Waals surface area contributed by atoms with Crippen molar-refractivity contribution in [1.82, 2.24) is 0 Å². The molecule has 0 aromatic carbocycles. The highest BCUT2D eigenvalue weighted by molar-refractivity contribution is 6.74. The summed E-state index contributed by atoms with van der Waals surface area (Å²) >= 11 is 0. The zero-order valence-corrected chi connectivity index (χ0v) is 11.8. The van der Waals surface area contributed by atoms with Gasteiger partial charge in [-0.05, 0) is 36.2 Å². The Morgan fingerprint density at radius 2 is 2.06 bits per heavy atom. The van der Waals surface area contributed by atoms with E-state index >= 15 is 0 Å². The normalized spacial score (nSPS) is 12.1. The fourth-order valence-corrected chi connectivity index (χ4v) is 1.77. The summed E-state index contributed by atoms with van der Waals surface area (Å²) in [4.78, 5) is 0. The van der Waals surface area contributed by atoms with Crippen LogP contribution in [0.2, 0.25) is 18.1 Å². The Morgan fingerprint density at radius 1 is 1.38 bits per heavy atom. The first kappa shape index (κ1) is 13.1. The lowest BCUT2D eigenvalue weighted by Gasteiger charge is -2.35. The second-order valence-electron chi connectivity index (χ2n) is 5.33. The molecule has 0 atom stereocenters. The van der Waals surface area contributed by atoms with Gasteiger partial charge in [-0.15, -0.1) is 0 Å². The molecule has 0 amide bonds. The van der Waals surface area contributed by atoms with Crippen molar-refractivity contribution in [2.75, 3.05) is 6.61 Å². The molecule has 0 saturated heterocycles. The van der Waals surface area contributed by atoms with Gasteiger partial charge in [0.2, 0.25) is 0 Å². The van der Waals surface area contributed by atoms with Gasteiger partial charge in [-0.25, -0.2) is 0 Å². The lowest BCUT2D eigenvalue weighted by atomic mass is 10.2. The number of rotatable bonds is 2. The minimum absolute atomic E-state index is 0.235. The van der Waals surface area contributed by atoms with Crippen LogP contribution in [0.3, 0.4) is 0 Å². The molecule has 16 heavy (non-hydrogen) atoms. The molecular formula is C13H20O2Si. The van der Waals surface area contributed by atoms with Crippen molar-refractivity contribution in [2.24, 2.45) is 0 Å². The summed E-state index contributed by atoms with van der Waals surface area (Å²) in [5.74, 6) is 6.61. The Hall–Kier alpha value is -0.983. The highest BCUT2D eigenvalue weighted by atomic mass is 28.4. The molecule has 0 radical (unpaired) electrons. The summed E-state index contributed by atoms with van der Waals surface area (Å²) in [6.45, 7) is 11.6. The smallest absolute Gasteiger partial charge is 0.193 e. The van der Waals surface area contributed by atoms with E-state index in [0.29, 0.717) is 12.4 Å². The largest absolute Gasteiger partial charge is 0.456 e. The van der Waals surface area contributed by atoms with Crippen LogP contribution in [0.4, 0.5) is 0 Å². The molecule has 0 aliphatic rings. The van der Waals surface area contributed by atoms with E-state index in [-0.39, 0.29) is 5.04 Å². The summed E-state index contributed by atoms with van der Waals surface area (Å²) in [5, 5.41) is 0.235. The van der Waals surface area contributed by atoms with Crippen LogP contribution in [0.5, 0.6) is 0 Å². The van der Waals surface area contributed by atoms with Crippen molar-refractivity contribution in [2.45, 2.75) is 38.9 Å². The number of furan rings is 1. The third kappa shape index (κ3) is 3.55. The molecule has 0 N–H and O–H groups in total. The van der Waals surface area contributed by atoms with E-state index in [4.69, 9.17) is 8.84 Å². The molecule has 3 heteroatoms. The third-order valence-corrected chi connectivity index (χ3v) is 7.52. The summed E-state index contributed by atoms with van der Waals surface area (Å²) in [6, 6.07) is 3.68. The lowest BCUT2D eigenvalue weighted by molar-refractivity contribution is 0.334.